The Hall–Kier alpha value is -3.17. The van der Waals surface area contributed by atoms with Gasteiger partial charge in [-0.25, -0.2) is 9.78 Å². The molecule has 10 heteroatoms. The topological polar surface area (TPSA) is 100 Å². The van der Waals surface area contributed by atoms with Crippen LogP contribution >= 0.6 is 22.6 Å². The van der Waals surface area contributed by atoms with Crippen LogP contribution in [0.1, 0.15) is 21.6 Å². The van der Waals surface area contributed by atoms with Crippen LogP contribution in [0.5, 0.6) is 0 Å². The number of amides is 2. The molecular formula is C24H24IN5O4. The van der Waals surface area contributed by atoms with E-state index in [9.17, 15) is 14.9 Å². The number of carbonyl (C=O) groups is 2. The Labute approximate surface area is 211 Å². The highest BCUT2D eigenvalue weighted by atomic mass is 127. The number of pyridine rings is 1. The van der Waals surface area contributed by atoms with Gasteiger partial charge in [-0.3, -0.25) is 4.79 Å². The first-order valence-electron chi connectivity index (χ1n) is 10.7. The number of carbonyl (C=O) groups excluding carboxylic acids is 2. The van der Waals surface area contributed by atoms with Crippen molar-refractivity contribution in [3.8, 4) is 17.3 Å². The second-order valence-electron chi connectivity index (χ2n) is 8.17. The third-order valence-corrected chi connectivity index (χ3v) is 6.62. The molecule has 1 aromatic carbocycles. The third kappa shape index (κ3) is 4.71. The van der Waals surface area contributed by atoms with Crippen molar-refractivity contribution < 1.29 is 19.1 Å². The number of halogens is 1. The maximum absolute atomic E-state index is 12.4. The predicted octanol–water partition coefficient (Wildman–Crippen LogP) is 3.19. The van der Waals surface area contributed by atoms with Gasteiger partial charge in [-0.05, 0) is 46.9 Å². The normalized spacial score (nSPS) is 15.7. The molecule has 3 aromatic rings. The summed E-state index contributed by atoms with van der Waals surface area (Å²) in [7, 11) is 4.81. The lowest BCUT2D eigenvalue weighted by Crippen LogP contribution is -2.46. The molecule has 4 rings (SSSR count). The zero-order valence-electron chi connectivity index (χ0n) is 19.1. The molecule has 0 radical (unpaired) electrons. The summed E-state index contributed by atoms with van der Waals surface area (Å²) in [6.45, 7) is 1.31. The van der Waals surface area contributed by atoms with E-state index < -0.39 is 0 Å². The van der Waals surface area contributed by atoms with Gasteiger partial charge in [0.1, 0.15) is 5.65 Å². The number of methoxy groups -OCH3 is 1. The number of ether oxygens (including phenoxy) is 2. The molecule has 1 saturated heterocycles. The van der Waals surface area contributed by atoms with Crippen molar-refractivity contribution in [2.24, 2.45) is 0 Å². The fourth-order valence-corrected chi connectivity index (χ4v) is 4.80. The van der Waals surface area contributed by atoms with Gasteiger partial charge < -0.3 is 23.7 Å². The van der Waals surface area contributed by atoms with E-state index in [1.54, 1.807) is 42.1 Å². The zero-order chi connectivity index (χ0) is 24.4. The standard InChI is InChI=1S/C24H24IN5O4/c1-28(2)23(31)16-4-5-18(19(25)11-16)22-20(30-7-6-15(13-26)10-21(30)27-22)12-17-14-29(8-9-34-17)24(32)33-3/h4-7,10-11,17H,8-9,12,14H2,1-3H3/t17-/m0/s1. The van der Waals surface area contributed by atoms with E-state index in [1.165, 1.54) is 7.11 Å². The minimum atomic E-state index is -0.374. The van der Waals surface area contributed by atoms with Gasteiger partial charge in [-0.2, -0.15) is 5.26 Å². The lowest BCUT2D eigenvalue weighted by Gasteiger charge is -2.32. The molecule has 34 heavy (non-hydrogen) atoms. The summed E-state index contributed by atoms with van der Waals surface area (Å²) < 4.78 is 13.7. The van der Waals surface area contributed by atoms with Gasteiger partial charge in [-0.1, -0.05) is 6.07 Å². The first-order valence-corrected chi connectivity index (χ1v) is 11.8. The highest BCUT2D eigenvalue weighted by molar-refractivity contribution is 14.1. The van der Waals surface area contributed by atoms with Crippen LogP contribution in [0.3, 0.4) is 0 Å². The van der Waals surface area contributed by atoms with E-state index in [4.69, 9.17) is 14.5 Å². The van der Waals surface area contributed by atoms with Gasteiger partial charge in [-0.15, -0.1) is 0 Å². The molecule has 3 heterocycles. The van der Waals surface area contributed by atoms with Gasteiger partial charge in [0, 0.05) is 48.0 Å². The fourth-order valence-electron chi connectivity index (χ4n) is 4.03. The largest absolute Gasteiger partial charge is 0.453 e. The van der Waals surface area contributed by atoms with Crippen LogP contribution in [0.25, 0.3) is 16.9 Å². The Morgan fingerprint density at radius 3 is 2.79 bits per heavy atom. The molecule has 1 aliphatic rings. The molecule has 0 aliphatic carbocycles. The molecule has 9 nitrogen and oxygen atoms in total. The first-order chi connectivity index (χ1) is 16.3. The van der Waals surface area contributed by atoms with Crippen molar-refractivity contribution in [2.75, 3.05) is 40.9 Å². The second-order valence-corrected chi connectivity index (χ2v) is 9.33. The Bertz CT molecular complexity index is 1300. The van der Waals surface area contributed by atoms with Crippen molar-refractivity contribution in [3.05, 3.63) is 56.9 Å². The lowest BCUT2D eigenvalue weighted by atomic mass is 10.0. The fraction of sp³-hybridized carbons (Fsp3) is 0.333. The van der Waals surface area contributed by atoms with E-state index in [0.29, 0.717) is 42.9 Å². The highest BCUT2D eigenvalue weighted by Gasteiger charge is 2.28. The number of fused-ring (bicyclic) bond motifs is 1. The molecule has 0 saturated carbocycles. The summed E-state index contributed by atoms with van der Waals surface area (Å²) in [5.41, 5.74) is 4.30. The van der Waals surface area contributed by atoms with Crippen LogP contribution in [0.4, 0.5) is 4.79 Å². The Morgan fingerprint density at radius 1 is 1.32 bits per heavy atom. The number of imidazole rings is 1. The quantitative estimate of drug-likeness (QED) is 0.445. The molecular weight excluding hydrogens is 549 g/mol. The molecule has 1 aliphatic heterocycles. The first kappa shape index (κ1) is 24.0. The SMILES string of the molecule is COC(=O)N1CCO[C@@H](Cc2c(-c3ccc(C(=O)N(C)C)cc3I)nc3cc(C#N)ccn23)C1. The minimum absolute atomic E-state index is 0.0724. The number of rotatable bonds is 4. The summed E-state index contributed by atoms with van der Waals surface area (Å²) in [6.07, 6.45) is 1.72. The highest BCUT2D eigenvalue weighted by Crippen LogP contribution is 2.31. The number of nitrogens with zero attached hydrogens (tertiary/aromatic N) is 5. The maximum atomic E-state index is 12.4. The average molecular weight is 573 g/mol. The number of benzene rings is 1. The number of hydrogen-bond acceptors (Lipinski definition) is 6. The summed E-state index contributed by atoms with van der Waals surface area (Å²) in [5, 5.41) is 9.33. The molecule has 2 aromatic heterocycles. The van der Waals surface area contributed by atoms with E-state index >= 15 is 0 Å². The van der Waals surface area contributed by atoms with Crippen LogP contribution < -0.4 is 0 Å². The molecule has 0 N–H and O–H groups in total. The van der Waals surface area contributed by atoms with Crippen molar-refractivity contribution in [1.82, 2.24) is 19.2 Å². The molecule has 1 fully saturated rings. The number of hydrogen-bond donors (Lipinski definition) is 0. The molecule has 0 bridgehead atoms. The summed E-state index contributed by atoms with van der Waals surface area (Å²) in [6, 6.07) is 11.2. The van der Waals surface area contributed by atoms with E-state index in [2.05, 4.69) is 28.7 Å². The maximum Gasteiger partial charge on any atom is 0.409 e. The van der Waals surface area contributed by atoms with Crippen molar-refractivity contribution in [1.29, 1.82) is 5.26 Å². The summed E-state index contributed by atoms with van der Waals surface area (Å²) in [4.78, 5) is 32.5. The van der Waals surface area contributed by atoms with E-state index in [-0.39, 0.29) is 18.1 Å². The molecule has 0 unspecified atom stereocenters. The monoisotopic (exact) mass is 573 g/mol. The lowest BCUT2D eigenvalue weighted by molar-refractivity contribution is -0.0241. The Kier molecular flexibility index (Phi) is 7.04. The van der Waals surface area contributed by atoms with Gasteiger partial charge in [0.25, 0.3) is 5.91 Å². The van der Waals surface area contributed by atoms with Crippen molar-refractivity contribution in [3.63, 3.8) is 0 Å². The average Bonchev–Trinajstić information content (AvgIpc) is 3.19. The van der Waals surface area contributed by atoms with Gasteiger partial charge >= 0.3 is 6.09 Å². The number of nitriles is 1. The van der Waals surface area contributed by atoms with Crippen LogP contribution in [0, 0.1) is 14.9 Å². The number of morpholine rings is 1. The zero-order valence-corrected chi connectivity index (χ0v) is 21.3. The Balaban J connectivity index is 1.76. The van der Waals surface area contributed by atoms with Gasteiger partial charge in [0.05, 0.1) is 49.4 Å². The molecule has 176 valence electrons. The van der Waals surface area contributed by atoms with Gasteiger partial charge in [0.2, 0.25) is 0 Å². The minimum Gasteiger partial charge on any atom is -0.453 e. The van der Waals surface area contributed by atoms with Crippen molar-refractivity contribution in [2.45, 2.75) is 12.5 Å². The molecule has 0 spiro atoms. The number of aromatic nitrogens is 2. The predicted molar refractivity (Wildman–Crippen MR) is 133 cm³/mol. The molecule has 1 atom stereocenters. The molecule has 2 amide bonds. The second kappa shape index (κ2) is 9.99. The van der Waals surface area contributed by atoms with E-state index in [0.717, 1.165) is 20.5 Å². The summed E-state index contributed by atoms with van der Waals surface area (Å²) >= 11 is 2.22. The smallest absolute Gasteiger partial charge is 0.409 e. The Morgan fingerprint density at radius 2 is 2.12 bits per heavy atom. The van der Waals surface area contributed by atoms with E-state index in [1.807, 2.05) is 22.7 Å². The van der Waals surface area contributed by atoms with Gasteiger partial charge in [0.15, 0.2) is 0 Å². The van der Waals surface area contributed by atoms with Crippen LogP contribution in [0.15, 0.2) is 36.5 Å². The van der Waals surface area contributed by atoms with Crippen molar-refractivity contribution >= 4 is 40.2 Å². The van der Waals surface area contributed by atoms with Crippen LogP contribution in [-0.2, 0) is 15.9 Å². The van der Waals surface area contributed by atoms with Crippen LogP contribution in [-0.4, -0.2) is 78.2 Å². The van der Waals surface area contributed by atoms with Crippen LogP contribution in [0.2, 0.25) is 0 Å². The summed E-state index contributed by atoms with van der Waals surface area (Å²) in [5.74, 6) is -0.0724. The third-order valence-electron chi connectivity index (χ3n) is 5.72.